The van der Waals surface area contributed by atoms with Crippen LogP contribution < -0.4 is 4.74 Å². The quantitative estimate of drug-likeness (QED) is 0.729. The van der Waals surface area contributed by atoms with Gasteiger partial charge in [-0.2, -0.15) is 5.10 Å². The summed E-state index contributed by atoms with van der Waals surface area (Å²) >= 11 is 0. The van der Waals surface area contributed by atoms with Crippen molar-refractivity contribution >= 4 is 16.8 Å². The third-order valence-corrected chi connectivity index (χ3v) is 6.39. The number of piperidine rings is 1. The molecule has 3 aromatic rings. The summed E-state index contributed by atoms with van der Waals surface area (Å²) in [6.45, 7) is 6.57. The number of benzene rings is 1. The van der Waals surface area contributed by atoms with Crippen molar-refractivity contribution in [1.29, 1.82) is 0 Å². The van der Waals surface area contributed by atoms with Crippen molar-refractivity contribution in [3.63, 3.8) is 0 Å². The number of hydrogen-bond donors (Lipinski definition) is 1. The molecule has 1 fully saturated rings. The molecule has 4 heterocycles. The predicted molar refractivity (Wildman–Crippen MR) is 111 cm³/mol. The van der Waals surface area contributed by atoms with Gasteiger partial charge in [-0.1, -0.05) is 12.5 Å². The van der Waals surface area contributed by atoms with E-state index < -0.39 is 6.10 Å². The highest BCUT2D eigenvalue weighted by Crippen LogP contribution is 2.41. The Morgan fingerprint density at radius 2 is 2.07 bits per heavy atom. The smallest absolute Gasteiger partial charge is 0.207 e. The molecule has 0 radical (unpaired) electrons. The summed E-state index contributed by atoms with van der Waals surface area (Å²) in [7, 11) is 0. The van der Waals surface area contributed by atoms with Crippen molar-refractivity contribution in [2.45, 2.75) is 51.7 Å². The Bertz CT molecular complexity index is 1070. The monoisotopic (exact) mass is 390 g/mol. The molecule has 1 saturated heterocycles. The van der Waals surface area contributed by atoms with E-state index in [4.69, 9.17) is 4.74 Å². The number of pyridine rings is 1. The first-order valence-electron chi connectivity index (χ1n) is 10.5. The number of ketones is 1. The number of aromatic nitrogens is 3. The van der Waals surface area contributed by atoms with Gasteiger partial charge < -0.3 is 4.74 Å². The molecule has 6 nitrogen and oxygen atoms in total. The highest BCUT2D eigenvalue weighted by atomic mass is 16.5. The van der Waals surface area contributed by atoms with E-state index in [1.54, 1.807) is 6.20 Å². The van der Waals surface area contributed by atoms with Crippen LogP contribution in [0.4, 0.5) is 0 Å². The molecule has 2 atom stereocenters. The standard InChI is InChI=1S/C23H26N4O2/c1-14-8-9-17-21(28)19(13-18-16-7-6-10-24-23(16)26-25-18)29-22(17)20(14)15(2)27-11-4-3-5-12-27/h6-10,15,19H,3-5,11-13H2,1-2H3,(H,24,25,26). The number of carbonyl (C=O) groups is 1. The summed E-state index contributed by atoms with van der Waals surface area (Å²) in [5.74, 6) is 0.832. The van der Waals surface area contributed by atoms with Crippen LogP contribution in [-0.4, -0.2) is 45.1 Å². The largest absolute Gasteiger partial charge is 0.481 e. The van der Waals surface area contributed by atoms with Crippen molar-refractivity contribution in [3.05, 3.63) is 52.8 Å². The van der Waals surface area contributed by atoms with E-state index in [0.717, 1.165) is 35.5 Å². The molecule has 1 N–H and O–H groups in total. The van der Waals surface area contributed by atoms with Gasteiger partial charge in [0.1, 0.15) is 5.75 Å². The van der Waals surface area contributed by atoms with E-state index in [9.17, 15) is 4.79 Å². The first-order chi connectivity index (χ1) is 14.1. The van der Waals surface area contributed by atoms with Gasteiger partial charge in [0, 0.05) is 35.3 Å². The predicted octanol–water partition coefficient (Wildman–Crippen LogP) is 4.00. The summed E-state index contributed by atoms with van der Waals surface area (Å²) in [6, 6.07) is 8.09. The summed E-state index contributed by atoms with van der Waals surface area (Å²) in [5, 5.41) is 8.22. The first kappa shape index (κ1) is 18.3. The third kappa shape index (κ3) is 3.12. The molecule has 1 aromatic carbocycles. The zero-order chi connectivity index (χ0) is 20.0. The molecule has 2 aliphatic rings. The summed E-state index contributed by atoms with van der Waals surface area (Å²) in [6.07, 6.45) is 5.44. The number of hydrogen-bond acceptors (Lipinski definition) is 5. The Balaban J connectivity index is 1.45. The summed E-state index contributed by atoms with van der Waals surface area (Å²) < 4.78 is 6.32. The van der Waals surface area contributed by atoms with E-state index in [-0.39, 0.29) is 11.8 Å². The lowest BCUT2D eigenvalue weighted by atomic mass is 9.94. The van der Waals surface area contributed by atoms with Crippen LogP contribution in [0.1, 0.15) is 59.4 Å². The average Bonchev–Trinajstić information content (AvgIpc) is 3.30. The topological polar surface area (TPSA) is 71.1 Å². The Hall–Kier alpha value is -2.73. The highest BCUT2D eigenvalue weighted by molar-refractivity contribution is 6.05. The van der Waals surface area contributed by atoms with Gasteiger partial charge >= 0.3 is 0 Å². The normalized spacial score (nSPS) is 20.6. The average molecular weight is 390 g/mol. The van der Waals surface area contributed by atoms with E-state index in [2.05, 4.69) is 40.0 Å². The van der Waals surface area contributed by atoms with Crippen molar-refractivity contribution in [2.75, 3.05) is 13.1 Å². The molecular formula is C23H26N4O2. The molecule has 0 saturated carbocycles. The Kier molecular flexibility index (Phi) is 4.59. The highest BCUT2D eigenvalue weighted by Gasteiger charge is 2.37. The fraction of sp³-hybridized carbons (Fsp3) is 0.435. The SMILES string of the molecule is Cc1ccc2c(c1C(C)N1CCCCC1)OC(Cc1[nH]nc3ncccc13)C2=O. The second-order valence-electron chi connectivity index (χ2n) is 8.20. The van der Waals surface area contributed by atoms with Gasteiger partial charge in [0.2, 0.25) is 5.78 Å². The number of nitrogens with zero attached hydrogens (tertiary/aromatic N) is 3. The van der Waals surface area contributed by atoms with Crippen molar-refractivity contribution in [1.82, 2.24) is 20.1 Å². The molecule has 0 spiro atoms. The lowest BCUT2D eigenvalue weighted by Gasteiger charge is -2.34. The van der Waals surface area contributed by atoms with E-state index in [1.165, 1.54) is 24.8 Å². The summed E-state index contributed by atoms with van der Waals surface area (Å²) in [4.78, 5) is 19.9. The van der Waals surface area contributed by atoms with Crippen LogP contribution >= 0.6 is 0 Å². The maximum absolute atomic E-state index is 13.1. The van der Waals surface area contributed by atoms with Gasteiger partial charge in [-0.3, -0.25) is 14.8 Å². The van der Waals surface area contributed by atoms with Gasteiger partial charge in [-0.15, -0.1) is 0 Å². The Morgan fingerprint density at radius 3 is 2.90 bits per heavy atom. The van der Waals surface area contributed by atoms with Crippen LogP contribution in [0.3, 0.4) is 0 Å². The Morgan fingerprint density at radius 1 is 1.24 bits per heavy atom. The fourth-order valence-electron chi connectivity index (χ4n) is 4.77. The third-order valence-electron chi connectivity index (χ3n) is 6.39. The van der Waals surface area contributed by atoms with Gasteiger partial charge in [-0.25, -0.2) is 4.98 Å². The number of ether oxygens (including phenoxy) is 1. The second-order valence-corrected chi connectivity index (χ2v) is 8.20. The van der Waals surface area contributed by atoms with Crippen LogP contribution in [0.25, 0.3) is 11.0 Å². The van der Waals surface area contributed by atoms with Gasteiger partial charge in [0.15, 0.2) is 11.8 Å². The van der Waals surface area contributed by atoms with Crippen LogP contribution in [0, 0.1) is 6.92 Å². The maximum atomic E-state index is 13.1. The lowest BCUT2D eigenvalue weighted by molar-refractivity contribution is 0.0854. The fourth-order valence-corrected chi connectivity index (χ4v) is 4.77. The molecule has 0 bridgehead atoms. The van der Waals surface area contributed by atoms with Gasteiger partial charge in [0.05, 0.1) is 5.56 Å². The number of aryl methyl sites for hydroxylation is 1. The number of carbonyl (C=O) groups excluding carboxylic acids is 1. The number of fused-ring (bicyclic) bond motifs is 2. The van der Waals surface area contributed by atoms with E-state index in [1.807, 2.05) is 18.2 Å². The van der Waals surface area contributed by atoms with Crippen LogP contribution in [0.2, 0.25) is 0 Å². The van der Waals surface area contributed by atoms with E-state index >= 15 is 0 Å². The van der Waals surface area contributed by atoms with Crippen LogP contribution in [-0.2, 0) is 6.42 Å². The van der Waals surface area contributed by atoms with E-state index in [0.29, 0.717) is 17.6 Å². The van der Waals surface area contributed by atoms with Crippen LogP contribution in [0.5, 0.6) is 5.75 Å². The minimum atomic E-state index is -0.525. The molecule has 2 aromatic heterocycles. The molecule has 150 valence electrons. The first-order valence-corrected chi connectivity index (χ1v) is 10.5. The number of H-pyrrole nitrogens is 1. The lowest BCUT2D eigenvalue weighted by Crippen LogP contribution is -2.32. The molecule has 2 unspecified atom stereocenters. The Labute approximate surface area is 170 Å². The molecular weight excluding hydrogens is 364 g/mol. The number of likely N-dealkylation sites (tertiary alicyclic amines) is 1. The zero-order valence-electron chi connectivity index (χ0n) is 16.9. The second kappa shape index (κ2) is 7.26. The van der Waals surface area contributed by atoms with Crippen molar-refractivity contribution in [3.8, 4) is 5.75 Å². The minimum absolute atomic E-state index is 0.0544. The van der Waals surface area contributed by atoms with Crippen LogP contribution in [0.15, 0.2) is 30.5 Å². The maximum Gasteiger partial charge on any atom is 0.207 e. The van der Waals surface area contributed by atoms with Gasteiger partial charge in [-0.05, 0) is 63.5 Å². The van der Waals surface area contributed by atoms with Crippen molar-refractivity contribution < 1.29 is 9.53 Å². The number of aromatic amines is 1. The van der Waals surface area contributed by atoms with Gasteiger partial charge in [0.25, 0.3) is 0 Å². The number of rotatable bonds is 4. The molecule has 5 rings (SSSR count). The number of nitrogens with one attached hydrogen (secondary N) is 1. The number of Topliss-reactive ketones (excluding diaryl/α,β-unsaturated/α-hetero) is 1. The molecule has 29 heavy (non-hydrogen) atoms. The summed E-state index contributed by atoms with van der Waals surface area (Å²) in [5.41, 5.74) is 4.62. The molecule has 6 heteroatoms. The van der Waals surface area contributed by atoms with Crippen molar-refractivity contribution in [2.24, 2.45) is 0 Å². The molecule has 0 aliphatic carbocycles. The minimum Gasteiger partial charge on any atom is -0.481 e. The zero-order valence-corrected chi connectivity index (χ0v) is 16.9. The molecule has 2 aliphatic heterocycles. The molecule has 0 amide bonds.